The topological polar surface area (TPSA) is 55.4 Å². The molecule has 0 bridgehead atoms. The Hall–Kier alpha value is -2.88. The molecule has 0 fully saturated rings. The van der Waals surface area contributed by atoms with Crippen LogP contribution in [0.5, 0.6) is 0 Å². The summed E-state index contributed by atoms with van der Waals surface area (Å²) >= 11 is 0. The predicted molar refractivity (Wildman–Crippen MR) is 108 cm³/mol. The Kier molecular flexibility index (Phi) is 8.30. The van der Waals surface area contributed by atoms with Crippen molar-refractivity contribution in [2.45, 2.75) is 33.1 Å². The summed E-state index contributed by atoms with van der Waals surface area (Å²) in [5.41, 5.74) is 2.70. The average molecular weight is 365 g/mol. The molecule has 0 atom stereocenters. The number of hydrogen-bond donors (Lipinski definition) is 1. The summed E-state index contributed by atoms with van der Waals surface area (Å²) in [6.45, 7) is 4.50. The monoisotopic (exact) mass is 365 g/mol. The van der Waals surface area contributed by atoms with E-state index in [0.29, 0.717) is 12.1 Å². The van der Waals surface area contributed by atoms with Crippen molar-refractivity contribution < 1.29 is 14.3 Å². The van der Waals surface area contributed by atoms with E-state index in [-0.39, 0.29) is 18.0 Å². The quantitative estimate of drug-likeness (QED) is 0.171. The molecule has 0 heterocycles. The fraction of sp³-hybridized carbons (Fsp3) is 0.304. The molecule has 0 aliphatic heterocycles. The van der Waals surface area contributed by atoms with Crippen LogP contribution in [0.4, 0.5) is 0 Å². The van der Waals surface area contributed by atoms with Crippen LogP contribution in [0.1, 0.15) is 41.3 Å². The second kappa shape index (κ2) is 11.0. The third kappa shape index (κ3) is 6.41. The van der Waals surface area contributed by atoms with Crippen LogP contribution in [-0.2, 0) is 16.0 Å². The summed E-state index contributed by atoms with van der Waals surface area (Å²) in [5, 5.41) is 3.10. The summed E-state index contributed by atoms with van der Waals surface area (Å²) in [6.07, 6.45) is 4.49. The van der Waals surface area contributed by atoms with Crippen molar-refractivity contribution in [3.05, 3.63) is 83.1 Å². The lowest BCUT2D eigenvalue weighted by Crippen LogP contribution is -2.20. The van der Waals surface area contributed by atoms with Crippen molar-refractivity contribution in [3.63, 3.8) is 0 Å². The lowest BCUT2D eigenvalue weighted by molar-refractivity contribution is -0.138. The van der Waals surface area contributed by atoms with E-state index in [1.165, 1.54) is 11.8 Å². The molecule has 142 valence electrons. The molecule has 0 radical (unpaired) electrons. The van der Waals surface area contributed by atoms with E-state index in [9.17, 15) is 9.59 Å². The fourth-order valence-corrected chi connectivity index (χ4v) is 2.77. The van der Waals surface area contributed by atoms with Crippen LogP contribution in [0, 0.1) is 6.92 Å². The molecule has 2 rings (SSSR count). The van der Waals surface area contributed by atoms with E-state index in [2.05, 4.69) is 17.4 Å². The molecule has 0 saturated heterocycles. The highest BCUT2D eigenvalue weighted by Gasteiger charge is 2.22. The van der Waals surface area contributed by atoms with Gasteiger partial charge in [-0.05, 0) is 44.2 Å². The number of carbonyl (C=O) groups excluding carboxylic acids is 2. The number of benzene rings is 2. The van der Waals surface area contributed by atoms with E-state index in [1.807, 2.05) is 37.3 Å². The zero-order valence-corrected chi connectivity index (χ0v) is 16.0. The number of aryl methyl sites for hydroxylation is 2. The summed E-state index contributed by atoms with van der Waals surface area (Å²) in [5.74, 6) is -0.911. The Morgan fingerprint density at radius 2 is 1.70 bits per heavy atom. The number of carbonyl (C=O) groups is 2. The van der Waals surface area contributed by atoms with E-state index in [1.54, 1.807) is 19.1 Å². The largest absolute Gasteiger partial charge is 0.462 e. The first kappa shape index (κ1) is 20.4. The first-order valence-electron chi connectivity index (χ1n) is 9.38. The predicted octanol–water partition coefficient (Wildman–Crippen LogP) is 4.24. The highest BCUT2D eigenvalue weighted by atomic mass is 16.5. The van der Waals surface area contributed by atoms with Crippen molar-refractivity contribution in [1.82, 2.24) is 5.32 Å². The first-order valence-corrected chi connectivity index (χ1v) is 9.38. The molecule has 4 nitrogen and oxygen atoms in total. The lowest BCUT2D eigenvalue weighted by Gasteiger charge is -2.09. The standard InChI is InChI=1S/C23H27NO3/c1-3-27-23(26)21(22(25)20-15-8-7-11-18(20)2)17-24-16-10-9-14-19-12-5-4-6-13-19/h4-8,11-13,15,17,24H,3,9-10,14,16H2,1-2H3/b21-17+. The van der Waals surface area contributed by atoms with Gasteiger partial charge in [-0.15, -0.1) is 0 Å². The Morgan fingerprint density at radius 1 is 1.00 bits per heavy atom. The molecular weight excluding hydrogens is 338 g/mol. The zero-order chi connectivity index (χ0) is 19.5. The van der Waals surface area contributed by atoms with Gasteiger partial charge in [-0.2, -0.15) is 0 Å². The Balaban J connectivity index is 1.94. The van der Waals surface area contributed by atoms with Gasteiger partial charge in [-0.25, -0.2) is 4.79 Å². The van der Waals surface area contributed by atoms with E-state index >= 15 is 0 Å². The Labute approximate surface area is 161 Å². The van der Waals surface area contributed by atoms with Gasteiger partial charge in [0, 0.05) is 18.3 Å². The van der Waals surface area contributed by atoms with Crippen LogP contribution >= 0.6 is 0 Å². The molecule has 4 heteroatoms. The van der Waals surface area contributed by atoms with Crippen LogP contribution in [0.2, 0.25) is 0 Å². The number of unbranched alkanes of at least 4 members (excludes halogenated alkanes) is 1. The molecule has 0 spiro atoms. The van der Waals surface area contributed by atoms with E-state index in [4.69, 9.17) is 4.74 Å². The second-order valence-corrected chi connectivity index (χ2v) is 6.32. The number of hydrogen-bond acceptors (Lipinski definition) is 4. The summed E-state index contributed by atoms with van der Waals surface area (Å²) in [7, 11) is 0. The van der Waals surface area contributed by atoms with Crippen molar-refractivity contribution >= 4 is 11.8 Å². The van der Waals surface area contributed by atoms with Crippen LogP contribution in [0.15, 0.2) is 66.4 Å². The van der Waals surface area contributed by atoms with Crippen molar-refractivity contribution in [2.24, 2.45) is 0 Å². The molecule has 0 aliphatic rings. The van der Waals surface area contributed by atoms with Gasteiger partial charge in [0.1, 0.15) is 5.57 Å². The smallest absolute Gasteiger partial charge is 0.343 e. The number of Topliss-reactive ketones (excluding diaryl/α,β-unsaturated/α-hetero) is 1. The number of nitrogens with one attached hydrogen (secondary N) is 1. The molecule has 0 amide bonds. The maximum Gasteiger partial charge on any atom is 0.343 e. The lowest BCUT2D eigenvalue weighted by atomic mass is 9.99. The second-order valence-electron chi connectivity index (χ2n) is 6.32. The van der Waals surface area contributed by atoms with Gasteiger partial charge in [0.15, 0.2) is 0 Å². The third-order valence-corrected chi connectivity index (χ3v) is 4.26. The van der Waals surface area contributed by atoms with Crippen molar-refractivity contribution in [3.8, 4) is 0 Å². The van der Waals surface area contributed by atoms with Gasteiger partial charge in [0.2, 0.25) is 5.78 Å². The van der Waals surface area contributed by atoms with Gasteiger partial charge in [-0.3, -0.25) is 4.79 Å². The highest BCUT2D eigenvalue weighted by Crippen LogP contribution is 2.14. The van der Waals surface area contributed by atoms with Crippen LogP contribution in [0.3, 0.4) is 0 Å². The van der Waals surface area contributed by atoms with Crippen molar-refractivity contribution in [2.75, 3.05) is 13.2 Å². The maximum atomic E-state index is 12.8. The van der Waals surface area contributed by atoms with Gasteiger partial charge in [-0.1, -0.05) is 54.6 Å². The van der Waals surface area contributed by atoms with Crippen LogP contribution in [0.25, 0.3) is 0 Å². The summed E-state index contributed by atoms with van der Waals surface area (Å²) < 4.78 is 5.05. The molecule has 2 aromatic carbocycles. The average Bonchev–Trinajstić information content (AvgIpc) is 2.68. The van der Waals surface area contributed by atoms with E-state index < -0.39 is 5.97 Å². The fourth-order valence-electron chi connectivity index (χ4n) is 2.77. The minimum Gasteiger partial charge on any atom is -0.462 e. The normalized spacial score (nSPS) is 11.1. The Bertz CT molecular complexity index is 781. The van der Waals surface area contributed by atoms with Gasteiger partial charge in [0.25, 0.3) is 0 Å². The Morgan fingerprint density at radius 3 is 2.41 bits per heavy atom. The summed E-state index contributed by atoms with van der Waals surface area (Å²) in [4.78, 5) is 25.0. The number of esters is 1. The van der Waals surface area contributed by atoms with Gasteiger partial charge < -0.3 is 10.1 Å². The first-order chi connectivity index (χ1) is 13.1. The zero-order valence-electron chi connectivity index (χ0n) is 16.0. The van der Waals surface area contributed by atoms with Crippen LogP contribution < -0.4 is 5.32 Å². The summed E-state index contributed by atoms with van der Waals surface area (Å²) in [6, 6.07) is 17.6. The SMILES string of the molecule is CCOC(=O)/C(=C/NCCCCc1ccccc1)C(=O)c1ccccc1C. The minimum absolute atomic E-state index is 0.0363. The molecule has 1 N–H and O–H groups in total. The molecule has 0 unspecified atom stereocenters. The van der Waals surface area contributed by atoms with Crippen molar-refractivity contribution in [1.29, 1.82) is 0 Å². The molecule has 0 saturated carbocycles. The number of rotatable bonds is 10. The van der Waals surface area contributed by atoms with Gasteiger partial charge >= 0.3 is 5.97 Å². The van der Waals surface area contributed by atoms with E-state index in [0.717, 1.165) is 24.8 Å². The third-order valence-electron chi connectivity index (χ3n) is 4.26. The molecule has 27 heavy (non-hydrogen) atoms. The number of ketones is 1. The minimum atomic E-state index is -0.595. The highest BCUT2D eigenvalue weighted by molar-refractivity contribution is 6.24. The molecular formula is C23H27NO3. The van der Waals surface area contributed by atoms with Crippen LogP contribution in [-0.4, -0.2) is 24.9 Å². The molecule has 0 aliphatic carbocycles. The molecule has 2 aromatic rings. The number of ether oxygens (including phenoxy) is 1. The van der Waals surface area contributed by atoms with Gasteiger partial charge in [0.05, 0.1) is 6.61 Å². The maximum absolute atomic E-state index is 12.8. The molecule has 0 aromatic heterocycles.